The van der Waals surface area contributed by atoms with E-state index in [0.717, 1.165) is 9.80 Å². The number of carboxylic acid groups (broad SMARTS) is 1. The van der Waals surface area contributed by atoms with E-state index in [-0.39, 0.29) is 91.3 Å². The molecule has 7 amide bonds. The molecule has 0 unspecified atom stereocenters. The van der Waals surface area contributed by atoms with Crippen LogP contribution < -0.4 is 21.7 Å². The lowest BCUT2D eigenvalue weighted by molar-refractivity contribution is -0.137. The second-order valence-electron chi connectivity index (χ2n) is 12.5. The Morgan fingerprint density at radius 1 is 0.855 bits per heavy atom. The average molecular weight is 780 g/mol. The van der Waals surface area contributed by atoms with Crippen LogP contribution in [-0.2, 0) is 44.7 Å². The van der Waals surface area contributed by atoms with Crippen molar-refractivity contribution in [2.24, 2.45) is 11.7 Å². The molecule has 0 saturated heterocycles. The van der Waals surface area contributed by atoms with Crippen LogP contribution >= 0.6 is 0 Å². The second kappa shape index (κ2) is 24.9. The number of aliphatic hydroxyl groups is 1. The highest BCUT2D eigenvalue weighted by atomic mass is 16.6. The third-order valence-corrected chi connectivity index (χ3v) is 7.99. The molecule has 1 aromatic rings. The maximum atomic E-state index is 13.3. The molecule has 7 N–H and O–H groups in total. The van der Waals surface area contributed by atoms with Crippen molar-refractivity contribution in [3.63, 3.8) is 0 Å². The standard InChI is InChI=1S/C35H53N7O13/c1-24(2)30(39-33(48)54-22-21-53-19-16-42-28(44)10-11-29(42)45)32(47)38-27(5-4-12-36)31(46)37-26-8-6-25(7-9-26)23-55-35(51)40(3)13-14-41(34(49)50)15-18-52-20-17-43/h6-11,24,27,30,43H,4-5,12-23,36H2,1-3H3,(H,37,46)(H,38,47)(H,39,48)(H,49,50)/t27-,30-/m0/s1. The molecule has 2 atom stereocenters. The first-order valence-corrected chi connectivity index (χ1v) is 17.8. The number of alkyl carbamates (subject to hydrolysis) is 1. The number of likely N-dealkylation sites (N-methyl/N-ethyl adjacent to an activating group) is 1. The van der Waals surface area contributed by atoms with Gasteiger partial charge in [-0.2, -0.15) is 0 Å². The number of hydrogen-bond acceptors (Lipinski definition) is 13. The van der Waals surface area contributed by atoms with Gasteiger partial charge in [-0.15, -0.1) is 0 Å². The molecule has 0 saturated carbocycles. The summed E-state index contributed by atoms with van der Waals surface area (Å²) >= 11 is 0. The summed E-state index contributed by atoms with van der Waals surface area (Å²) in [6.07, 6.45) is 0.248. The van der Waals surface area contributed by atoms with E-state index < -0.39 is 54.0 Å². The largest absolute Gasteiger partial charge is 0.465 e. The van der Waals surface area contributed by atoms with E-state index in [1.54, 1.807) is 38.1 Å². The van der Waals surface area contributed by atoms with E-state index >= 15 is 0 Å². The van der Waals surface area contributed by atoms with Gasteiger partial charge in [-0.1, -0.05) is 26.0 Å². The van der Waals surface area contributed by atoms with Crippen molar-refractivity contribution in [2.75, 3.05) is 84.7 Å². The van der Waals surface area contributed by atoms with Crippen LogP contribution in [0.1, 0.15) is 32.3 Å². The smallest absolute Gasteiger partial charge is 0.409 e. The summed E-state index contributed by atoms with van der Waals surface area (Å²) in [6, 6.07) is 4.42. The first kappa shape index (κ1) is 45.8. The minimum absolute atomic E-state index is 0.0133. The molecular weight excluding hydrogens is 726 g/mol. The summed E-state index contributed by atoms with van der Waals surface area (Å²) in [7, 11) is 1.47. The van der Waals surface area contributed by atoms with E-state index in [1.807, 2.05) is 0 Å². The normalized spacial score (nSPS) is 13.3. The summed E-state index contributed by atoms with van der Waals surface area (Å²) in [4.78, 5) is 89.4. The molecule has 20 nitrogen and oxygen atoms in total. The summed E-state index contributed by atoms with van der Waals surface area (Å²) in [6.45, 7) is 3.72. The zero-order valence-electron chi connectivity index (χ0n) is 31.4. The van der Waals surface area contributed by atoms with Gasteiger partial charge in [0.15, 0.2) is 0 Å². The molecule has 0 bridgehead atoms. The molecule has 20 heteroatoms. The van der Waals surface area contributed by atoms with Crippen LogP contribution in [0, 0.1) is 5.92 Å². The van der Waals surface area contributed by atoms with Crippen molar-refractivity contribution in [1.82, 2.24) is 25.3 Å². The predicted octanol–water partition coefficient (Wildman–Crippen LogP) is 0.0985. The molecule has 2 rings (SSSR count). The zero-order chi connectivity index (χ0) is 40.8. The Hall–Kier alpha value is -5.31. The number of hydrogen-bond donors (Lipinski definition) is 6. The molecule has 1 aliphatic heterocycles. The average Bonchev–Trinajstić information content (AvgIpc) is 3.47. The third-order valence-electron chi connectivity index (χ3n) is 7.99. The summed E-state index contributed by atoms with van der Waals surface area (Å²) in [5.74, 6) is -2.37. The predicted molar refractivity (Wildman–Crippen MR) is 195 cm³/mol. The Kier molecular flexibility index (Phi) is 20.8. The minimum Gasteiger partial charge on any atom is -0.465 e. The number of imide groups is 1. The van der Waals surface area contributed by atoms with Crippen LogP contribution in [-0.4, -0.2) is 158 Å². The van der Waals surface area contributed by atoms with E-state index in [2.05, 4.69) is 16.0 Å². The number of ether oxygens (including phenoxy) is 4. The lowest BCUT2D eigenvalue weighted by atomic mass is 10.0. The molecule has 0 spiro atoms. The fourth-order valence-electron chi connectivity index (χ4n) is 4.83. The quantitative estimate of drug-likeness (QED) is 0.0568. The van der Waals surface area contributed by atoms with Gasteiger partial charge in [0.25, 0.3) is 11.8 Å². The first-order chi connectivity index (χ1) is 26.3. The number of amides is 7. The van der Waals surface area contributed by atoms with Crippen LogP contribution in [0.5, 0.6) is 0 Å². The van der Waals surface area contributed by atoms with Gasteiger partial charge in [0.2, 0.25) is 11.8 Å². The maximum Gasteiger partial charge on any atom is 0.409 e. The Morgan fingerprint density at radius 3 is 2.15 bits per heavy atom. The van der Waals surface area contributed by atoms with Crippen molar-refractivity contribution < 1.29 is 62.7 Å². The van der Waals surface area contributed by atoms with Crippen molar-refractivity contribution in [3.05, 3.63) is 42.0 Å². The number of carbonyl (C=O) groups is 7. The Morgan fingerprint density at radius 2 is 1.53 bits per heavy atom. The Balaban J connectivity index is 1.83. The van der Waals surface area contributed by atoms with Gasteiger partial charge in [0.1, 0.15) is 25.3 Å². The highest BCUT2D eigenvalue weighted by Gasteiger charge is 2.29. The van der Waals surface area contributed by atoms with Gasteiger partial charge in [-0.05, 0) is 43.0 Å². The Bertz CT molecular complexity index is 1440. The van der Waals surface area contributed by atoms with Gasteiger partial charge < -0.3 is 60.6 Å². The molecule has 0 fully saturated rings. The van der Waals surface area contributed by atoms with Gasteiger partial charge in [-0.3, -0.25) is 24.1 Å². The van der Waals surface area contributed by atoms with Crippen molar-refractivity contribution in [1.29, 1.82) is 0 Å². The Labute approximate surface area is 319 Å². The van der Waals surface area contributed by atoms with Crippen LogP contribution in [0.15, 0.2) is 36.4 Å². The fraction of sp³-hybridized carbons (Fsp3) is 0.571. The molecule has 0 radical (unpaired) electrons. The number of nitrogens with one attached hydrogen (secondary N) is 3. The third kappa shape index (κ3) is 17.1. The highest BCUT2D eigenvalue weighted by Crippen LogP contribution is 2.13. The summed E-state index contributed by atoms with van der Waals surface area (Å²) in [5, 5.41) is 26.1. The first-order valence-electron chi connectivity index (χ1n) is 17.8. The molecule has 1 aliphatic rings. The number of benzene rings is 1. The number of anilines is 1. The maximum absolute atomic E-state index is 13.3. The van der Waals surface area contributed by atoms with E-state index in [4.69, 9.17) is 29.8 Å². The molecule has 1 heterocycles. The van der Waals surface area contributed by atoms with Crippen molar-refractivity contribution in [3.8, 4) is 0 Å². The number of aliphatic hydroxyl groups excluding tert-OH is 1. The van der Waals surface area contributed by atoms with Gasteiger partial charge in [-0.25, -0.2) is 14.4 Å². The van der Waals surface area contributed by atoms with Crippen molar-refractivity contribution >= 4 is 47.6 Å². The number of nitrogens with two attached hydrogens (primary N) is 1. The van der Waals surface area contributed by atoms with Gasteiger partial charge in [0.05, 0.1) is 39.6 Å². The second-order valence-corrected chi connectivity index (χ2v) is 12.5. The molecule has 55 heavy (non-hydrogen) atoms. The zero-order valence-corrected chi connectivity index (χ0v) is 31.4. The molecule has 1 aromatic carbocycles. The van der Waals surface area contributed by atoms with Gasteiger partial charge >= 0.3 is 18.3 Å². The molecule has 0 aromatic heterocycles. The van der Waals surface area contributed by atoms with E-state index in [9.17, 15) is 38.7 Å². The van der Waals surface area contributed by atoms with E-state index in [1.165, 1.54) is 24.1 Å². The molecule has 0 aliphatic carbocycles. The number of nitrogens with zero attached hydrogens (tertiary/aromatic N) is 3. The lowest BCUT2D eigenvalue weighted by Crippen LogP contribution is -2.54. The molecular formula is C35H53N7O13. The number of rotatable bonds is 25. The summed E-state index contributed by atoms with van der Waals surface area (Å²) in [5.41, 5.74) is 6.68. The van der Waals surface area contributed by atoms with Crippen LogP contribution in [0.3, 0.4) is 0 Å². The topological polar surface area (TPSA) is 269 Å². The van der Waals surface area contributed by atoms with E-state index in [0.29, 0.717) is 17.7 Å². The van der Waals surface area contributed by atoms with Crippen LogP contribution in [0.25, 0.3) is 0 Å². The van der Waals surface area contributed by atoms with Crippen molar-refractivity contribution in [2.45, 2.75) is 45.4 Å². The lowest BCUT2D eigenvalue weighted by Gasteiger charge is -2.25. The number of carbonyl (C=O) groups excluding carboxylic acids is 6. The minimum atomic E-state index is -1.17. The van der Waals surface area contributed by atoms with Crippen LogP contribution in [0.2, 0.25) is 0 Å². The van der Waals surface area contributed by atoms with Gasteiger partial charge in [0, 0.05) is 44.5 Å². The summed E-state index contributed by atoms with van der Waals surface area (Å²) < 4.78 is 20.9. The fourth-order valence-corrected chi connectivity index (χ4v) is 4.83. The monoisotopic (exact) mass is 779 g/mol. The SMILES string of the molecule is CC(C)[C@H](NC(=O)OCCOCCN1C(=O)C=CC1=O)C(=O)N[C@@H](CCCN)C(=O)Nc1ccc(COC(=O)N(C)CCN(CCOCCO)C(=O)O)cc1. The molecule has 306 valence electrons. The van der Waals surface area contributed by atoms with Crippen LogP contribution in [0.4, 0.5) is 20.1 Å². The highest BCUT2D eigenvalue weighted by molar-refractivity contribution is 6.12.